The van der Waals surface area contributed by atoms with Crippen LogP contribution < -0.4 is 0 Å². The molecule has 4 nitrogen and oxygen atoms in total. The van der Waals surface area contributed by atoms with Gasteiger partial charge in [0.15, 0.2) is 0 Å². The summed E-state index contributed by atoms with van der Waals surface area (Å²) in [7, 11) is 0.359. The van der Waals surface area contributed by atoms with Gasteiger partial charge in [-0.25, -0.2) is 0 Å². The van der Waals surface area contributed by atoms with Crippen LogP contribution >= 0.6 is 11.6 Å². The molecule has 1 atom stereocenters. The molecule has 0 aromatic heterocycles. The van der Waals surface area contributed by atoms with E-state index in [1.807, 2.05) is 6.07 Å². The molecular weight excluding hydrogens is 284 g/mol. The van der Waals surface area contributed by atoms with E-state index in [1.54, 1.807) is 31.3 Å². The van der Waals surface area contributed by atoms with E-state index in [0.717, 1.165) is 5.56 Å². The molecule has 1 aromatic carbocycles. The van der Waals surface area contributed by atoms with Crippen LogP contribution in [0.3, 0.4) is 0 Å². The zero-order valence-corrected chi connectivity index (χ0v) is 12.2. The predicted molar refractivity (Wildman–Crippen MR) is 76.0 cm³/mol. The number of nitrogens with zero attached hydrogens (tertiary/aromatic N) is 2. The van der Waals surface area contributed by atoms with Gasteiger partial charge in [0, 0.05) is 35.2 Å². The number of nitriles is 1. The van der Waals surface area contributed by atoms with Gasteiger partial charge in [-0.2, -0.15) is 5.26 Å². The average molecular weight is 299 g/mol. The maximum atomic E-state index is 11.9. The minimum atomic E-state index is -1.25. The van der Waals surface area contributed by atoms with Crippen molar-refractivity contribution in [2.75, 3.05) is 19.3 Å². The molecule has 0 N–H and O–H groups in total. The van der Waals surface area contributed by atoms with Gasteiger partial charge in [-0.15, -0.1) is 0 Å². The summed E-state index contributed by atoms with van der Waals surface area (Å²) in [6, 6.07) is 9.02. The maximum absolute atomic E-state index is 11.9. The first-order valence-corrected chi connectivity index (χ1v) is 7.60. The van der Waals surface area contributed by atoms with Gasteiger partial charge in [-0.05, 0) is 17.7 Å². The third-order valence-electron chi connectivity index (χ3n) is 2.51. The van der Waals surface area contributed by atoms with Crippen LogP contribution in [0, 0.1) is 11.3 Å². The van der Waals surface area contributed by atoms with E-state index in [9.17, 15) is 9.00 Å². The Labute approximate surface area is 120 Å². The number of amides is 1. The largest absolute Gasteiger partial charge is 0.344 e. The molecule has 0 aliphatic carbocycles. The molecule has 102 valence electrons. The zero-order valence-electron chi connectivity index (χ0n) is 10.6. The highest BCUT2D eigenvalue weighted by atomic mass is 35.5. The van der Waals surface area contributed by atoms with Crippen molar-refractivity contribution in [1.29, 1.82) is 5.26 Å². The van der Waals surface area contributed by atoms with Crippen molar-refractivity contribution in [3.8, 4) is 6.07 Å². The van der Waals surface area contributed by atoms with Gasteiger partial charge in [-0.3, -0.25) is 9.00 Å². The van der Waals surface area contributed by atoms with Crippen LogP contribution in [-0.2, 0) is 21.3 Å². The van der Waals surface area contributed by atoms with E-state index in [0.29, 0.717) is 17.3 Å². The summed E-state index contributed by atoms with van der Waals surface area (Å²) in [4.78, 5) is 13.1. The zero-order chi connectivity index (χ0) is 14.3. The van der Waals surface area contributed by atoms with Gasteiger partial charge in [-0.1, -0.05) is 23.7 Å². The molecule has 0 heterocycles. The van der Waals surface area contributed by atoms with Crippen molar-refractivity contribution >= 4 is 28.3 Å². The van der Waals surface area contributed by atoms with Crippen LogP contribution in [0.25, 0.3) is 0 Å². The fourth-order valence-corrected chi connectivity index (χ4v) is 2.70. The Morgan fingerprint density at radius 1 is 1.42 bits per heavy atom. The third-order valence-corrected chi connectivity index (χ3v) is 3.99. The van der Waals surface area contributed by atoms with Crippen molar-refractivity contribution in [2.24, 2.45) is 0 Å². The topological polar surface area (TPSA) is 61.2 Å². The number of carbonyl (C=O) groups excluding carboxylic acids is 1. The first kappa shape index (κ1) is 15.7. The Morgan fingerprint density at radius 3 is 2.63 bits per heavy atom. The third kappa shape index (κ3) is 5.86. The molecule has 0 bridgehead atoms. The number of hydrogen-bond acceptors (Lipinski definition) is 3. The molecule has 19 heavy (non-hydrogen) atoms. The highest BCUT2D eigenvalue weighted by molar-refractivity contribution is 7.84. The summed E-state index contributed by atoms with van der Waals surface area (Å²) in [6.45, 7) is 0.369. The van der Waals surface area contributed by atoms with Gasteiger partial charge >= 0.3 is 0 Å². The van der Waals surface area contributed by atoms with Gasteiger partial charge in [0.2, 0.25) is 5.91 Å². The lowest BCUT2D eigenvalue weighted by Gasteiger charge is -2.14. The predicted octanol–water partition coefficient (Wildman–Crippen LogP) is 1.96. The molecule has 0 fully saturated rings. The van der Waals surface area contributed by atoms with Crippen LogP contribution in [-0.4, -0.2) is 34.4 Å². The molecule has 0 spiro atoms. The quantitative estimate of drug-likeness (QED) is 0.806. The van der Waals surface area contributed by atoms with E-state index in [1.165, 1.54) is 4.90 Å². The van der Waals surface area contributed by atoms with E-state index in [2.05, 4.69) is 0 Å². The summed E-state index contributed by atoms with van der Waals surface area (Å²) >= 11 is 5.76. The fraction of sp³-hybridized carbons (Fsp3) is 0.385. The van der Waals surface area contributed by atoms with E-state index in [4.69, 9.17) is 16.9 Å². The van der Waals surface area contributed by atoms with Gasteiger partial charge < -0.3 is 4.90 Å². The second-order valence-corrected chi connectivity index (χ2v) is 5.97. The van der Waals surface area contributed by atoms with Crippen molar-refractivity contribution < 1.29 is 9.00 Å². The fourth-order valence-electron chi connectivity index (χ4n) is 1.41. The molecule has 1 amide bonds. The second-order valence-electron chi connectivity index (χ2n) is 4.08. The monoisotopic (exact) mass is 298 g/mol. The Morgan fingerprint density at radius 2 is 2.05 bits per heavy atom. The van der Waals surface area contributed by atoms with E-state index in [-0.39, 0.29) is 18.1 Å². The van der Waals surface area contributed by atoms with Crippen molar-refractivity contribution in [3.05, 3.63) is 34.9 Å². The van der Waals surface area contributed by atoms with Gasteiger partial charge in [0.05, 0.1) is 12.5 Å². The summed E-state index contributed by atoms with van der Waals surface area (Å²) in [5.74, 6) is 0.0991. The minimum absolute atomic E-state index is 0.0233. The summed E-state index contributed by atoms with van der Waals surface area (Å²) in [5, 5.41) is 9.06. The molecule has 1 rings (SSSR count). The molecule has 1 unspecified atom stereocenters. The minimum Gasteiger partial charge on any atom is -0.344 e. The van der Waals surface area contributed by atoms with Crippen LogP contribution in [0.5, 0.6) is 0 Å². The first-order chi connectivity index (χ1) is 9.02. The normalized spacial score (nSPS) is 11.6. The van der Waals surface area contributed by atoms with E-state index < -0.39 is 10.8 Å². The Balaban J connectivity index is 2.45. The van der Waals surface area contributed by atoms with Gasteiger partial charge in [0.25, 0.3) is 0 Å². The smallest absolute Gasteiger partial charge is 0.234 e. The summed E-state index contributed by atoms with van der Waals surface area (Å²) in [6.07, 6.45) is 0.284. The molecule has 0 saturated heterocycles. The number of rotatable bonds is 6. The lowest BCUT2D eigenvalue weighted by Crippen LogP contribution is -2.31. The van der Waals surface area contributed by atoms with Crippen LogP contribution in [0.1, 0.15) is 12.0 Å². The summed E-state index contributed by atoms with van der Waals surface area (Å²) < 4.78 is 11.9. The Hall–Kier alpha value is -1.38. The lowest BCUT2D eigenvalue weighted by molar-refractivity contribution is -0.127. The Bertz CT molecular complexity index is 496. The highest BCUT2D eigenvalue weighted by Crippen LogP contribution is 2.11. The van der Waals surface area contributed by atoms with Crippen molar-refractivity contribution in [3.63, 3.8) is 0 Å². The number of carbonyl (C=O) groups is 1. The van der Waals surface area contributed by atoms with E-state index >= 15 is 0 Å². The molecular formula is C13H15ClN2O2S. The molecule has 0 radical (unpaired) electrons. The number of hydrogen-bond donors (Lipinski definition) is 0. The maximum Gasteiger partial charge on any atom is 0.234 e. The van der Waals surface area contributed by atoms with Crippen LogP contribution in [0.2, 0.25) is 5.02 Å². The number of halogens is 1. The SMILES string of the molecule is CN(CCC#N)C(=O)CS(=O)Cc1ccc(Cl)cc1. The van der Waals surface area contributed by atoms with Crippen LogP contribution in [0.4, 0.5) is 0 Å². The molecule has 0 saturated carbocycles. The molecule has 0 aliphatic heterocycles. The average Bonchev–Trinajstić information content (AvgIpc) is 2.38. The summed E-state index contributed by atoms with van der Waals surface area (Å²) in [5.41, 5.74) is 0.884. The second kappa shape index (κ2) is 7.93. The highest BCUT2D eigenvalue weighted by Gasteiger charge is 2.12. The standard InChI is InChI=1S/C13H15ClN2O2S/c1-16(8-2-7-15)13(17)10-19(18)9-11-3-5-12(14)6-4-11/h3-6H,2,8-10H2,1H3. The Kier molecular flexibility index (Phi) is 6.54. The number of benzene rings is 1. The lowest BCUT2D eigenvalue weighted by atomic mass is 10.2. The first-order valence-electron chi connectivity index (χ1n) is 5.73. The van der Waals surface area contributed by atoms with Crippen molar-refractivity contribution in [1.82, 2.24) is 4.90 Å². The van der Waals surface area contributed by atoms with Crippen LogP contribution in [0.15, 0.2) is 24.3 Å². The molecule has 1 aromatic rings. The van der Waals surface area contributed by atoms with Gasteiger partial charge in [0.1, 0.15) is 5.75 Å². The molecule has 6 heteroatoms. The molecule has 0 aliphatic rings. The van der Waals surface area contributed by atoms with Crippen molar-refractivity contribution in [2.45, 2.75) is 12.2 Å².